The molecule has 1 amide bonds. The minimum absolute atomic E-state index is 0.0373. The molecule has 0 spiro atoms. The highest BCUT2D eigenvalue weighted by Gasteiger charge is 2.02. The summed E-state index contributed by atoms with van der Waals surface area (Å²) < 4.78 is 10.7. The summed E-state index contributed by atoms with van der Waals surface area (Å²) in [5, 5.41) is 2.75. The van der Waals surface area contributed by atoms with Crippen LogP contribution in [0, 0.1) is 0 Å². The lowest BCUT2D eigenvalue weighted by Gasteiger charge is -2.08. The second-order valence-electron chi connectivity index (χ2n) is 3.55. The van der Waals surface area contributed by atoms with Gasteiger partial charge >= 0.3 is 0 Å². The average molecular weight is 237 g/mol. The van der Waals surface area contributed by atoms with Gasteiger partial charge in [-0.25, -0.2) is 0 Å². The van der Waals surface area contributed by atoms with Crippen molar-refractivity contribution in [3.63, 3.8) is 0 Å². The van der Waals surface area contributed by atoms with Crippen molar-refractivity contribution in [2.45, 2.75) is 20.3 Å². The van der Waals surface area contributed by atoms with E-state index in [0.29, 0.717) is 18.9 Å². The Bertz CT molecular complexity index is 352. The SMILES string of the molecule is CCCNC(=O)COc1cccc(OCC)c1. The van der Waals surface area contributed by atoms with Crippen molar-refractivity contribution in [3.05, 3.63) is 24.3 Å². The Labute approximate surface area is 102 Å². The number of nitrogens with one attached hydrogen (secondary N) is 1. The first-order valence-electron chi connectivity index (χ1n) is 5.88. The van der Waals surface area contributed by atoms with Crippen molar-refractivity contribution >= 4 is 5.91 Å². The van der Waals surface area contributed by atoms with Gasteiger partial charge in [0.05, 0.1) is 6.61 Å². The molecule has 0 saturated carbocycles. The van der Waals surface area contributed by atoms with Crippen molar-refractivity contribution in [1.82, 2.24) is 5.32 Å². The number of carbonyl (C=O) groups excluding carboxylic acids is 1. The summed E-state index contributed by atoms with van der Waals surface area (Å²) in [5.74, 6) is 1.29. The van der Waals surface area contributed by atoms with Crippen LogP contribution in [0.4, 0.5) is 0 Å². The molecule has 4 heteroatoms. The van der Waals surface area contributed by atoms with Gasteiger partial charge in [0.15, 0.2) is 6.61 Å². The van der Waals surface area contributed by atoms with Gasteiger partial charge in [-0.3, -0.25) is 4.79 Å². The maximum atomic E-state index is 11.3. The Balaban J connectivity index is 2.40. The van der Waals surface area contributed by atoms with Crippen molar-refractivity contribution < 1.29 is 14.3 Å². The van der Waals surface area contributed by atoms with E-state index in [1.807, 2.05) is 26.0 Å². The first-order chi connectivity index (χ1) is 8.26. The van der Waals surface area contributed by atoms with Crippen LogP contribution in [0.15, 0.2) is 24.3 Å². The summed E-state index contributed by atoms with van der Waals surface area (Å²) in [6, 6.07) is 7.27. The van der Waals surface area contributed by atoms with Crippen LogP contribution in [-0.2, 0) is 4.79 Å². The van der Waals surface area contributed by atoms with E-state index in [9.17, 15) is 4.79 Å². The van der Waals surface area contributed by atoms with E-state index < -0.39 is 0 Å². The average Bonchev–Trinajstić information content (AvgIpc) is 2.35. The summed E-state index contributed by atoms with van der Waals surface area (Å²) in [4.78, 5) is 11.3. The van der Waals surface area contributed by atoms with E-state index >= 15 is 0 Å². The fourth-order valence-electron chi connectivity index (χ4n) is 1.28. The fraction of sp³-hybridized carbons (Fsp3) is 0.462. The predicted molar refractivity (Wildman–Crippen MR) is 66.4 cm³/mol. The van der Waals surface area contributed by atoms with Gasteiger partial charge in [0.25, 0.3) is 5.91 Å². The van der Waals surface area contributed by atoms with Crippen molar-refractivity contribution in [3.8, 4) is 11.5 Å². The molecule has 4 nitrogen and oxygen atoms in total. The van der Waals surface area contributed by atoms with Gasteiger partial charge in [-0.05, 0) is 25.5 Å². The minimum Gasteiger partial charge on any atom is -0.494 e. The number of ether oxygens (including phenoxy) is 2. The molecule has 0 heterocycles. The van der Waals surface area contributed by atoms with Crippen LogP contribution in [0.2, 0.25) is 0 Å². The van der Waals surface area contributed by atoms with Gasteiger partial charge < -0.3 is 14.8 Å². The third kappa shape index (κ3) is 5.24. The van der Waals surface area contributed by atoms with Crippen molar-refractivity contribution in [2.75, 3.05) is 19.8 Å². The van der Waals surface area contributed by atoms with E-state index in [-0.39, 0.29) is 12.5 Å². The molecule has 1 N–H and O–H groups in total. The summed E-state index contributed by atoms with van der Waals surface area (Å²) in [5.41, 5.74) is 0. The van der Waals surface area contributed by atoms with E-state index in [2.05, 4.69) is 5.32 Å². The minimum atomic E-state index is -0.103. The molecule has 0 atom stereocenters. The van der Waals surface area contributed by atoms with Crippen LogP contribution in [-0.4, -0.2) is 25.7 Å². The zero-order chi connectivity index (χ0) is 12.5. The molecule has 1 aromatic rings. The maximum absolute atomic E-state index is 11.3. The van der Waals surface area contributed by atoms with Crippen LogP contribution in [0.25, 0.3) is 0 Å². The molecule has 17 heavy (non-hydrogen) atoms. The third-order valence-corrected chi connectivity index (χ3v) is 2.06. The van der Waals surface area contributed by atoms with Gasteiger partial charge in [-0.1, -0.05) is 13.0 Å². The Kier molecular flexibility index (Phi) is 5.93. The van der Waals surface area contributed by atoms with Crippen molar-refractivity contribution in [1.29, 1.82) is 0 Å². The summed E-state index contributed by atoms with van der Waals surface area (Å²) in [6.45, 7) is 5.26. The molecule has 1 rings (SSSR count). The van der Waals surface area contributed by atoms with Gasteiger partial charge in [0.2, 0.25) is 0 Å². The summed E-state index contributed by atoms with van der Waals surface area (Å²) in [6.07, 6.45) is 0.922. The standard InChI is InChI=1S/C13H19NO3/c1-3-8-14-13(15)10-17-12-7-5-6-11(9-12)16-4-2/h5-7,9H,3-4,8,10H2,1-2H3,(H,14,15). The molecule has 0 aliphatic rings. The molecule has 0 aliphatic carbocycles. The van der Waals surface area contributed by atoms with E-state index in [0.717, 1.165) is 12.2 Å². The lowest BCUT2D eigenvalue weighted by molar-refractivity contribution is -0.123. The first-order valence-corrected chi connectivity index (χ1v) is 5.88. The van der Waals surface area contributed by atoms with Gasteiger partial charge in [-0.2, -0.15) is 0 Å². The van der Waals surface area contributed by atoms with E-state index in [4.69, 9.17) is 9.47 Å². The zero-order valence-electron chi connectivity index (χ0n) is 10.4. The van der Waals surface area contributed by atoms with Crippen molar-refractivity contribution in [2.24, 2.45) is 0 Å². The molecule has 1 aromatic carbocycles. The van der Waals surface area contributed by atoms with Crippen LogP contribution in [0.1, 0.15) is 20.3 Å². The number of carbonyl (C=O) groups is 1. The number of amides is 1. The lowest BCUT2D eigenvalue weighted by Crippen LogP contribution is -2.29. The van der Waals surface area contributed by atoms with Crippen LogP contribution in [0.5, 0.6) is 11.5 Å². The Hall–Kier alpha value is -1.71. The van der Waals surface area contributed by atoms with Gasteiger partial charge in [0, 0.05) is 12.6 Å². The molecule has 94 valence electrons. The monoisotopic (exact) mass is 237 g/mol. The highest BCUT2D eigenvalue weighted by molar-refractivity contribution is 5.77. The van der Waals surface area contributed by atoms with Gasteiger partial charge in [-0.15, -0.1) is 0 Å². The Morgan fingerprint density at radius 2 is 1.94 bits per heavy atom. The molecule has 0 radical (unpaired) electrons. The Morgan fingerprint density at radius 3 is 2.59 bits per heavy atom. The van der Waals surface area contributed by atoms with Gasteiger partial charge in [0.1, 0.15) is 11.5 Å². The molecule has 0 aliphatic heterocycles. The highest BCUT2D eigenvalue weighted by atomic mass is 16.5. The molecule has 0 saturated heterocycles. The molecular formula is C13H19NO3. The predicted octanol–water partition coefficient (Wildman–Crippen LogP) is 1.99. The quantitative estimate of drug-likeness (QED) is 0.789. The topological polar surface area (TPSA) is 47.6 Å². The molecule has 0 aromatic heterocycles. The summed E-state index contributed by atoms with van der Waals surface area (Å²) in [7, 11) is 0. The molecule has 0 bridgehead atoms. The van der Waals surface area contributed by atoms with E-state index in [1.54, 1.807) is 12.1 Å². The number of hydrogen-bond donors (Lipinski definition) is 1. The summed E-state index contributed by atoms with van der Waals surface area (Å²) >= 11 is 0. The van der Waals surface area contributed by atoms with E-state index in [1.165, 1.54) is 0 Å². The smallest absolute Gasteiger partial charge is 0.257 e. The number of rotatable bonds is 7. The zero-order valence-corrected chi connectivity index (χ0v) is 10.4. The van der Waals surface area contributed by atoms with Crippen LogP contribution < -0.4 is 14.8 Å². The second-order valence-corrected chi connectivity index (χ2v) is 3.55. The van der Waals surface area contributed by atoms with Crippen LogP contribution in [0.3, 0.4) is 0 Å². The number of benzene rings is 1. The molecule has 0 unspecified atom stereocenters. The molecular weight excluding hydrogens is 218 g/mol. The molecule has 0 fully saturated rings. The Morgan fingerprint density at radius 1 is 1.24 bits per heavy atom. The number of hydrogen-bond acceptors (Lipinski definition) is 3. The second kappa shape index (κ2) is 7.54. The first kappa shape index (κ1) is 13.4. The lowest BCUT2D eigenvalue weighted by atomic mass is 10.3. The normalized spacial score (nSPS) is 9.76. The fourth-order valence-corrected chi connectivity index (χ4v) is 1.28. The largest absolute Gasteiger partial charge is 0.494 e. The highest BCUT2D eigenvalue weighted by Crippen LogP contribution is 2.19. The van der Waals surface area contributed by atoms with Crippen LogP contribution >= 0.6 is 0 Å². The third-order valence-electron chi connectivity index (χ3n) is 2.06. The maximum Gasteiger partial charge on any atom is 0.257 e.